The number of carbonyl (C=O) groups excluding carboxylic acids is 1. The van der Waals surface area contributed by atoms with Crippen LogP contribution < -0.4 is 9.62 Å². The molecule has 2 aliphatic rings. The Labute approximate surface area is 131 Å². The second-order valence-corrected chi connectivity index (χ2v) is 7.82. The molecular formula is C16H20N2O3S. The van der Waals surface area contributed by atoms with Gasteiger partial charge in [0.05, 0.1) is 11.4 Å². The van der Waals surface area contributed by atoms with Crippen molar-refractivity contribution in [3.63, 3.8) is 0 Å². The van der Waals surface area contributed by atoms with Crippen molar-refractivity contribution in [2.24, 2.45) is 5.92 Å². The summed E-state index contributed by atoms with van der Waals surface area (Å²) in [6, 6.07) is 7.00. The predicted octanol–water partition coefficient (Wildman–Crippen LogP) is 2.52. The molecule has 0 aromatic heterocycles. The Morgan fingerprint density at radius 3 is 2.64 bits per heavy atom. The molecule has 1 N–H and O–H groups in total. The first kappa shape index (κ1) is 15.1. The van der Waals surface area contributed by atoms with Gasteiger partial charge in [0.2, 0.25) is 15.9 Å². The second-order valence-electron chi connectivity index (χ2n) is 5.81. The summed E-state index contributed by atoms with van der Waals surface area (Å²) in [5, 5.41) is 2.87. The summed E-state index contributed by atoms with van der Waals surface area (Å²) < 4.78 is 25.2. The van der Waals surface area contributed by atoms with E-state index in [2.05, 4.69) is 17.5 Å². The van der Waals surface area contributed by atoms with Gasteiger partial charge in [0.1, 0.15) is 0 Å². The summed E-state index contributed by atoms with van der Waals surface area (Å²) in [6.07, 6.45) is 7.47. The molecule has 5 nitrogen and oxygen atoms in total. The number of hydrogen-bond acceptors (Lipinski definition) is 3. The maximum absolute atomic E-state index is 12.0. The molecule has 0 bridgehead atoms. The molecule has 1 aliphatic heterocycles. The average Bonchev–Trinajstić information content (AvgIpc) is 3.09. The number of carbonyl (C=O) groups is 1. The quantitative estimate of drug-likeness (QED) is 0.867. The molecule has 22 heavy (non-hydrogen) atoms. The van der Waals surface area contributed by atoms with Gasteiger partial charge in [-0.1, -0.05) is 12.2 Å². The van der Waals surface area contributed by atoms with Crippen LogP contribution in [0.1, 0.15) is 25.7 Å². The van der Waals surface area contributed by atoms with Crippen LogP contribution in [0.5, 0.6) is 0 Å². The lowest BCUT2D eigenvalue weighted by atomic mass is 10.1. The maximum atomic E-state index is 12.0. The molecule has 1 unspecified atom stereocenters. The van der Waals surface area contributed by atoms with Crippen molar-refractivity contribution < 1.29 is 13.2 Å². The van der Waals surface area contributed by atoms with Crippen molar-refractivity contribution in [1.29, 1.82) is 0 Å². The molecule has 1 saturated heterocycles. The van der Waals surface area contributed by atoms with Crippen LogP contribution in [-0.2, 0) is 14.8 Å². The van der Waals surface area contributed by atoms with Crippen LogP contribution in [0.15, 0.2) is 36.4 Å². The van der Waals surface area contributed by atoms with Crippen molar-refractivity contribution in [2.75, 3.05) is 21.9 Å². The monoisotopic (exact) mass is 320 g/mol. The smallest absolute Gasteiger partial charge is 0.235 e. The molecule has 1 heterocycles. The van der Waals surface area contributed by atoms with E-state index in [1.807, 2.05) is 0 Å². The summed E-state index contributed by atoms with van der Waals surface area (Å²) in [4.78, 5) is 12.0. The van der Waals surface area contributed by atoms with Crippen LogP contribution >= 0.6 is 0 Å². The number of nitrogens with zero attached hydrogens (tertiary/aromatic N) is 1. The fraction of sp³-hybridized carbons (Fsp3) is 0.438. The van der Waals surface area contributed by atoms with E-state index in [1.54, 1.807) is 24.3 Å². The lowest BCUT2D eigenvalue weighted by Gasteiger charge is -2.17. The van der Waals surface area contributed by atoms with Crippen LogP contribution in [0.3, 0.4) is 0 Å². The van der Waals surface area contributed by atoms with Crippen molar-refractivity contribution in [3.8, 4) is 0 Å². The van der Waals surface area contributed by atoms with Gasteiger partial charge < -0.3 is 5.32 Å². The molecule has 1 aromatic carbocycles. The minimum atomic E-state index is -3.15. The number of sulfonamides is 1. The Morgan fingerprint density at radius 1 is 1.27 bits per heavy atom. The zero-order chi connectivity index (χ0) is 15.6. The highest BCUT2D eigenvalue weighted by Gasteiger charge is 2.28. The molecule has 1 atom stereocenters. The fourth-order valence-electron chi connectivity index (χ4n) is 2.96. The third-order valence-corrected chi connectivity index (χ3v) is 5.97. The Morgan fingerprint density at radius 2 is 2.05 bits per heavy atom. The Bertz CT molecular complexity index is 680. The van der Waals surface area contributed by atoms with Crippen LogP contribution in [0.25, 0.3) is 0 Å². The van der Waals surface area contributed by atoms with Gasteiger partial charge in [0.15, 0.2) is 0 Å². The van der Waals surface area contributed by atoms with Gasteiger partial charge in [-0.15, -0.1) is 0 Å². The van der Waals surface area contributed by atoms with Crippen LogP contribution in [0.4, 0.5) is 11.4 Å². The summed E-state index contributed by atoms with van der Waals surface area (Å²) in [5.41, 5.74) is 1.36. The Balaban J connectivity index is 1.62. The predicted molar refractivity (Wildman–Crippen MR) is 87.3 cm³/mol. The van der Waals surface area contributed by atoms with E-state index in [0.29, 0.717) is 36.7 Å². The van der Waals surface area contributed by atoms with Crippen LogP contribution in [0.2, 0.25) is 0 Å². The van der Waals surface area contributed by atoms with Gasteiger partial charge in [-0.25, -0.2) is 8.42 Å². The van der Waals surface area contributed by atoms with Crippen LogP contribution in [0, 0.1) is 5.92 Å². The largest absolute Gasteiger partial charge is 0.326 e. The molecular weight excluding hydrogens is 300 g/mol. The number of hydrogen-bond donors (Lipinski definition) is 1. The third kappa shape index (κ3) is 3.32. The first-order chi connectivity index (χ1) is 10.5. The van der Waals surface area contributed by atoms with Crippen molar-refractivity contribution in [2.45, 2.75) is 25.7 Å². The molecule has 1 aliphatic carbocycles. The minimum absolute atomic E-state index is 0.00176. The zero-order valence-electron chi connectivity index (χ0n) is 12.4. The minimum Gasteiger partial charge on any atom is -0.326 e. The number of benzene rings is 1. The summed E-state index contributed by atoms with van der Waals surface area (Å²) in [5.74, 6) is 0.549. The number of anilines is 2. The van der Waals surface area contributed by atoms with Gasteiger partial charge >= 0.3 is 0 Å². The molecule has 1 fully saturated rings. The van der Waals surface area contributed by atoms with Crippen molar-refractivity contribution >= 4 is 27.3 Å². The maximum Gasteiger partial charge on any atom is 0.235 e. The lowest BCUT2D eigenvalue weighted by molar-refractivity contribution is -0.116. The standard InChI is InChI=1S/C16H20N2O3S/c19-16(12-13-4-1-2-5-13)17-14-6-8-15(9-7-14)18-10-3-11-22(18,20)21/h1,4,6-9,13H,2-3,5,10-12H2,(H,17,19). The molecule has 0 saturated carbocycles. The van der Waals surface area contributed by atoms with E-state index in [4.69, 9.17) is 0 Å². The molecule has 3 rings (SSSR count). The Hall–Kier alpha value is -1.82. The zero-order valence-corrected chi connectivity index (χ0v) is 13.2. The fourth-order valence-corrected chi connectivity index (χ4v) is 4.52. The lowest BCUT2D eigenvalue weighted by Crippen LogP contribution is -2.25. The van der Waals surface area contributed by atoms with Gasteiger partial charge in [0, 0.05) is 18.7 Å². The van der Waals surface area contributed by atoms with E-state index in [1.165, 1.54) is 4.31 Å². The van der Waals surface area contributed by atoms with E-state index in [-0.39, 0.29) is 11.7 Å². The molecule has 1 amide bonds. The summed E-state index contributed by atoms with van der Waals surface area (Å²) >= 11 is 0. The van der Waals surface area contributed by atoms with Crippen molar-refractivity contribution in [3.05, 3.63) is 36.4 Å². The number of amides is 1. The molecule has 0 spiro atoms. The number of rotatable bonds is 4. The van der Waals surface area contributed by atoms with E-state index in [9.17, 15) is 13.2 Å². The number of nitrogens with one attached hydrogen (secondary N) is 1. The topological polar surface area (TPSA) is 66.5 Å². The van der Waals surface area contributed by atoms with Gasteiger partial charge in [-0.2, -0.15) is 0 Å². The molecule has 6 heteroatoms. The van der Waals surface area contributed by atoms with Crippen molar-refractivity contribution in [1.82, 2.24) is 0 Å². The molecule has 0 radical (unpaired) electrons. The summed E-state index contributed by atoms with van der Waals surface area (Å²) in [6.45, 7) is 0.530. The van der Waals surface area contributed by atoms with E-state index < -0.39 is 10.0 Å². The highest BCUT2D eigenvalue weighted by Crippen LogP contribution is 2.26. The van der Waals surface area contributed by atoms with Gasteiger partial charge in [-0.3, -0.25) is 9.10 Å². The SMILES string of the molecule is O=C(CC1C=CCC1)Nc1ccc(N2CCCS2(=O)=O)cc1. The normalized spacial score (nSPS) is 22.9. The van der Waals surface area contributed by atoms with Gasteiger partial charge in [-0.05, 0) is 49.4 Å². The van der Waals surface area contributed by atoms with E-state index in [0.717, 1.165) is 12.8 Å². The number of allylic oxidation sites excluding steroid dienone is 2. The van der Waals surface area contributed by atoms with E-state index >= 15 is 0 Å². The first-order valence-corrected chi connectivity index (χ1v) is 9.22. The van der Waals surface area contributed by atoms with Gasteiger partial charge in [0.25, 0.3) is 0 Å². The highest BCUT2D eigenvalue weighted by molar-refractivity contribution is 7.93. The second kappa shape index (κ2) is 6.12. The molecule has 118 valence electrons. The van der Waals surface area contributed by atoms with Crippen LogP contribution in [-0.4, -0.2) is 26.6 Å². The third-order valence-electron chi connectivity index (χ3n) is 4.10. The summed E-state index contributed by atoms with van der Waals surface area (Å²) in [7, 11) is -3.15. The highest BCUT2D eigenvalue weighted by atomic mass is 32.2. The Kier molecular flexibility index (Phi) is 4.20. The average molecular weight is 320 g/mol. The first-order valence-electron chi connectivity index (χ1n) is 7.61. The molecule has 1 aromatic rings.